The summed E-state index contributed by atoms with van der Waals surface area (Å²) < 4.78 is 32.3. The molecule has 116 valence electrons. The van der Waals surface area contributed by atoms with Crippen LogP contribution in [0, 0.1) is 5.92 Å². The van der Waals surface area contributed by atoms with Crippen LogP contribution in [0.25, 0.3) is 0 Å². The summed E-state index contributed by atoms with van der Waals surface area (Å²) in [5.74, 6) is 0.834. The molecule has 1 aromatic rings. The van der Waals surface area contributed by atoms with Crippen molar-refractivity contribution in [1.82, 2.24) is 9.62 Å². The molecule has 1 saturated heterocycles. The van der Waals surface area contributed by atoms with Crippen molar-refractivity contribution in [2.24, 2.45) is 5.92 Å². The molecule has 1 unspecified atom stereocenters. The Labute approximate surface area is 130 Å². The second-order valence-corrected chi connectivity index (χ2v) is 7.75. The molecular formula is C12H21ClN2O3S2. The second-order valence-electron chi connectivity index (χ2n) is 4.71. The van der Waals surface area contributed by atoms with Crippen LogP contribution in [-0.4, -0.2) is 46.5 Å². The Morgan fingerprint density at radius 1 is 1.55 bits per heavy atom. The highest BCUT2D eigenvalue weighted by atomic mass is 35.5. The molecule has 0 bridgehead atoms. The number of halogens is 1. The quantitative estimate of drug-likeness (QED) is 0.888. The van der Waals surface area contributed by atoms with Gasteiger partial charge in [-0.1, -0.05) is 0 Å². The summed E-state index contributed by atoms with van der Waals surface area (Å²) in [6.45, 7) is 2.04. The highest BCUT2D eigenvalue weighted by Crippen LogP contribution is 2.33. The maximum absolute atomic E-state index is 12.6. The summed E-state index contributed by atoms with van der Waals surface area (Å²) in [6.07, 6.45) is 1.99. The van der Waals surface area contributed by atoms with E-state index in [4.69, 9.17) is 4.74 Å². The van der Waals surface area contributed by atoms with Crippen LogP contribution in [0.15, 0.2) is 15.7 Å². The lowest BCUT2D eigenvalue weighted by Gasteiger charge is -2.31. The summed E-state index contributed by atoms with van der Waals surface area (Å²) in [5.41, 5.74) is 0. The first kappa shape index (κ1) is 17.7. The molecule has 1 aromatic heterocycles. The van der Waals surface area contributed by atoms with E-state index in [0.29, 0.717) is 29.0 Å². The number of nitrogens with zero attached hydrogens (tertiary/aromatic N) is 1. The lowest BCUT2D eigenvalue weighted by atomic mass is 10.00. The monoisotopic (exact) mass is 340 g/mol. The van der Waals surface area contributed by atoms with Gasteiger partial charge in [0.2, 0.25) is 0 Å². The van der Waals surface area contributed by atoms with Crippen molar-refractivity contribution in [2.45, 2.75) is 17.1 Å². The van der Waals surface area contributed by atoms with E-state index in [1.165, 1.54) is 18.4 Å². The number of piperidine rings is 1. The number of hydrogen-bond donors (Lipinski definition) is 1. The lowest BCUT2D eigenvalue weighted by molar-refractivity contribution is 0.263. The van der Waals surface area contributed by atoms with Gasteiger partial charge in [-0.2, -0.15) is 4.31 Å². The zero-order valence-electron chi connectivity index (χ0n) is 11.7. The topological polar surface area (TPSA) is 58.6 Å². The van der Waals surface area contributed by atoms with Gasteiger partial charge < -0.3 is 10.1 Å². The molecule has 0 aliphatic carbocycles. The van der Waals surface area contributed by atoms with Gasteiger partial charge in [0.15, 0.2) is 4.21 Å². The molecule has 1 atom stereocenters. The van der Waals surface area contributed by atoms with Gasteiger partial charge in [-0.25, -0.2) is 8.42 Å². The molecule has 20 heavy (non-hydrogen) atoms. The summed E-state index contributed by atoms with van der Waals surface area (Å²) >= 11 is 1.22. The van der Waals surface area contributed by atoms with Crippen LogP contribution in [0.2, 0.25) is 0 Å². The lowest BCUT2D eigenvalue weighted by Crippen LogP contribution is -2.42. The fourth-order valence-electron chi connectivity index (χ4n) is 2.44. The van der Waals surface area contributed by atoms with Crippen molar-refractivity contribution in [3.8, 4) is 5.75 Å². The fourth-order valence-corrected chi connectivity index (χ4v) is 5.41. The van der Waals surface area contributed by atoms with E-state index in [1.807, 2.05) is 7.05 Å². The second kappa shape index (κ2) is 7.61. The average molecular weight is 341 g/mol. The van der Waals surface area contributed by atoms with Gasteiger partial charge in [-0.05, 0) is 43.8 Å². The molecule has 5 nitrogen and oxygen atoms in total. The summed E-state index contributed by atoms with van der Waals surface area (Å²) in [5, 5.41) is 4.87. The van der Waals surface area contributed by atoms with Crippen LogP contribution in [0.1, 0.15) is 12.8 Å². The summed E-state index contributed by atoms with van der Waals surface area (Å²) in [7, 11) is -0.0140. The van der Waals surface area contributed by atoms with Gasteiger partial charge >= 0.3 is 0 Å². The van der Waals surface area contributed by atoms with E-state index >= 15 is 0 Å². The van der Waals surface area contributed by atoms with Crippen LogP contribution < -0.4 is 10.1 Å². The maximum Gasteiger partial charge on any atom is 0.256 e. The van der Waals surface area contributed by atoms with Crippen molar-refractivity contribution in [1.29, 1.82) is 0 Å². The highest BCUT2D eigenvalue weighted by Gasteiger charge is 2.32. The molecule has 0 aromatic carbocycles. The third kappa shape index (κ3) is 3.65. The van der Waals surface area contributed by atoms with E-state index < -0.39 is 10.0 Å². The van der Waals surface area contributed by atoms with Crippen molar-refractivity contribution in [3.63, 3.8) is 0 Å². The largest absolute Gasteiger partial charge is 0.494 e. The number of sulfonamides is 1. The molecule has 1 aliphatic rings. The molecule has 2 heterocycles. The van der Waals surface area contributed by atoms with Crippen LogP contribution in [0.4, 0.5) is 0 Å². The summed E-state index contributed by atoms with van der Waals surface area (Å²) in [6, 6.07) is 1.70. The van der Waals surface area contributed by atoms with Crippen molar-refractivity contribution >= 4 is 33.8 Å². The standard InChI is InChI=1S/C12H20N2O3S2.ClH/c1-13-8-10-4-3-6-14(9-10)19(15,16)12-11(17-2)5-7-18-12;/h5,7,10,13H,3-4,6,8-9H2,1-2H3;1H. The molecule has 2 rings (SSSR count). The fraction of sp³-hybridized carbons (Fsp3) is 0.667. The van der Waals surface area contributed by atoms with E-state index in [0.717, 1.165) is 19.4 Å². The molecule has 0 spiro atoms. The highest BCUT2D eigenvalue weighted by molar-refractivity contribution is 7.91. The van der Waals surface area contributed by atoms with E-state index in [1.54, 1.807) is 15.8 Å². The van der Waals surface area contributed by atoms with Crippen LogP contribution >= 0.6 is 23.7 Å². The number of ether oxygens (including phenoxy) is 1. The average Bonchev–Trinajstić information content (AvgIpc) is 2.88. The zero-order valence-corrected chi connectivity index (χ0v) is 14.1. The SMILES string of the molecule is CNCC1CCCN(S(=O)(=O)c2sccc2OC)C1.Cl. The Hall–Kier alpha value is -0.340. The van der Waals surface area contributed by atoms with Crippen LogP contribution in [-0.2, 0) is 10.0 Å². The van der Waals surface area contributed by atoms with Gasteiger partial charge in [0.25, 0.3) is 10.0 Å². The number of rotatable bonds is 5. The van der Waals surface area contributed by atoms with Crippen molar-refractivity contribution in [3.05, 3.63) is 11.4 Å². The van der Waals surface area contributed by atoms with Crippen LogP contribution in [0.3, 0.4) is 0 Å². The summed E-state index contributed by atoms with van der Waals surface area (Å²) in [4.78, 5) is 0. The van der Waals surface area contributed by atoms with E-state index in [2.05, 4.69) is 5.32 Å². The molecular weight excluding hydrogens is 320 g/mol. The van der Waals surface area contributed by atoms with Crippen molar-refractivity contribution < 1.29 is 13.2 Å². The van der Waals surface area contributed by atoms with Gasteiger partial charge in [0.05, 0.1) is 7.11 Å². The zero-order chi connectivity index (χ0) is 13.9. The molecule has 1 aliphatic heterocycles. The third-order valence-electron chi connectivity index (χ3n) is 3.36. The van der Waals surface area contributed by atoms with Gasteiger partial charge in [-0.3, -0.25) is 0 Å². The number of nitrogens with one attached hydrogen (secondary N) is 1. The van der Waals surface area contributed by atoms with Crippen LogP contribution in [0.5, 0.6) is 5.75 Å². The Morgan fingerprint density at radius 3 is 2.95 bits per heavy atom. The Kier molecular flexibility index (Phi) is 6.74. The minimum Gasteiger partial charge on any atom is -0.494 e. The maximum atomic E-state index is 12.6. The molecule has 0 radical (unpaired) electrons. The number of methoxy groups -OCH3 is 1. The molecule has 0 amide bonds. The Balaban J connectivity index is 0.00000200. The first-order chi connectivity index (χ1) is 9.09. The minimum absolute atomic E-state index is 0. The Bertz CT molecular complexity index is 517. The normalized spacial score (nSPS) is 20.4. The van der Waals surface area contributed by atoms with Gasteiger partial charge in [0, 0.05) is 13.1 Å². The number of hydrogen-bond acceptors (Lipinski definition) is 5. The molecule has 1 N–H and O–H groups in total. The van der Waals surface area contributed by atoms with E-state index in [-0.39, 0.29) is 12.4 Å². The van der Waals surface area contributed by atoms with Gasteiger partial charge in [-0.15, -0.1) is 23.7 Å². The van der Waals surface area contributed by atoms with E-state index in [9.17, 15) is 8.42 Å². The molecule has 8 heteroatoms. The number of thiophene rings is 1. The molecule has 1 fully saturated rings. The molecule has 0 saturated carbocycles. The van der Waals surface area contributed by atoms with Crippen molar-refractivity contribution in [2.75, 3.05) is 33.8 Å². The predicted molar refractivity (Wildman–Crippen MR) is 83.5 cm³/mol. The first-order valence-corrected chi connectivity index (χ1v) is 8.67. The van der Waals surface area contributed by atoms with Gasteiger partial charge in [0.1, 0.15) is 5.75 Å². The Morgan fingerprint density at radius 2 is 2.30 bits per heavy atom. The minimum atomic E-state index is -3.41. The predicted octanol–water partition coefficient (Wildman–Crippen LogP) is 1.80. The third-order valence-corrected chi connectivity index (χ3v) is 6.65. The first-order valence-electron chi connectivity index (χ1n) is 6.35. The smallest absolute Gasteiger partial charge is 0.256 e.